The molecular weight excluding hydrogens is 180 g/mol. The Hall–Kier alpha value is -1.45. The van der Waals surface area contributed by atoms with Crippen molar-refractivity contribution in [1.82, 2.24) is 9.55 Å². The van der Waals surface area contributed by atoms with Crippen LogP contribution in [-0.2, 0) is 13.0 Å². The molecule has 4 heteroatoms. The zero-order chi connectivity index (χ0) is 10.1. The van der Waals surface area contributed by atoms with Gasteiger partial charge in [-0.05, 0) is 19.8 Å². The van der Waals surface area contributed by atoms with Crippen LogP contribution in [0.15, 0.2) is 4.79 Å². The molecule has 0 bridgehead atoms. The normalized spacial score (nSPS) is 14.9. The van der Waals surface area contributed by atoms with E-state index in [9.17, 15) is 9.59 Å². The fraction of sp³-hybridized carbons (Fsp3) is 0.500. The molecule has 0 aromatic carbocycles. The molecule has 2 rings (SSSR count). The molecule has 0 N–H and O–H groups in total. The summed E-state index contributed by atoms with van der Waals surface area (Å²) in [5.41, 5.74) is 0.580. The highest BCUT2D eigenvalue weighted by Crippen LogP contribution is 2.11. The monoisotopic (exact) mass is 192 g/mol. The maximum Gasteiger partial charge on any atom is 0.264 e. The maximum absolute atomic E-state index is 11.8. The standard InChI is InChI=1S/C10H12N2O2/c1-7-8(6-13)10(14)12-5-3-2-4-9(12)11-7/h6H,2-5H2,1H3. The number of carbonyl (C=O) groups is 1. The number of carbonyl (C=O) groups excluding carboxylic acids is 1. The van der Waals surface area contributed by atoms with Gasteiger partial charge in [-0.2, -0.15) is 0 Å². The average molecular weight is 192 g/mol. The Balaban J connectivity index is 2.70. The molecule has 1 aromatic heterocycles. The number of rotatable bonds is 1. The molecule has 0 unspecified atom stereocenters. The molecule has 2 heterocycles. The number of hydrogen-bond acceptors (Lipinski definition) is 3. The van der Waals surface area contributed by atoms with Crippen molar-refractivity contribution < 1.29 is 4.79 Å². The van der Waals surface area contributed by atoms with Crippen LogP contribution in [0.2, 0.25) is 0 Å². The van der Waals surface area contributed by atoms with E-state index in [1.54, 1.807) is 11.5 Å². The molecular formula is C10H12N2O2. The van der Waals surface area contributed by atoms with E-state index in [1.807, 2.05) is 0 Å². The summed E-state index contributed by atoms with van der Waals surface area (Å²) in [6.45, 7) is 2.41. The summed E-state index contributed by atoms with van der Waals surface area (Å²) >= 11 is 0. The first-order valence-electron chi connectivity index (χ1n) is 4.79. The molecule has 0 amide bonds. The van der Waals surface area contributed by atoms with Gasteiger partial charge in [0.1, 0.15) is 11.4 Å². The summed E-state index contributed by atoms with van der Waals surface area (Å²) in [6, 6.07) is 0. The third-order valence-corrected chi connectivity index (χ3v) is 2.62. The second-order valence-electron chi connectivity index (χ2n) is 3.56. The van der Waals surface area contributed by atoms with Gasteiger partial charge in [0.05, 0.1) is 5.69 Å². The first-order chi connectivity index (χ1) is 6.74. The average Bonchev–Trinajstić information content (AvgIpc) is 2.18. The molecule has 0 aliphatic carbocycles. The number of fused-ring (bicyclic) bond motifs is 1. The van der Waals surface area contributed by atoms with Crippen molar-refractivity contribution in [2.24, 2.45) is 0 Å². The van der Waals surface area contributed by atoms with Crippen molar-refractivity contribution in [2.45, 2.75) is 32.7 Å². The SMILES string of the molecule is Cc1nc2n(c(=O)c1C=O)CCCC2. The Morgan fingerprint density at radius 3 is 2.93 bits per heavy atom. The van der Waals surface area contributed by atoms with Crippen LogP contribution in [0.5, 0.6) is 0 Å². The predicted octanol–water partition coefficient (Wildman–Crippen LogP) is 0.701. The van der Waals surface area contributed by atoms with Crippen LogP contribution < -0.4 is 5.56 Å². The molecule has 14 heavy (non-hydrogen) atoms. The van der Waals surface area contributed by atoms with Crippen LogP contribution in [0, 0.1) is 6.92 Å². The smallest absolute Gasteiger partial charge is 0.264 e. The highest BCUT2D eigenvalue weighted by atomic mass is 16.1. The van der Waals surface area contributed by atoms with Crippen molar-refractivity contribution in [1.29, 1.82) is 0 Å². The molecule has 0 spiro atoms. The molecule has 0 saturated carbocycles. The van der Waals surface area contributed by atoms with Crippen molar-refractivity contribution >= 4 is 6.29 Å². The van der Waals surface area contributed by atoms with E-state index in [4.69, 9.17) is 0 Å². The van der Waals surface area contributed by atoms with Gasteiger partial charge >= 0.3 is 0 Å². The van der Waals surface area contributed by atoms with Crippen LogP contribution in [0.4, 0.5) is 0 Å². The number of aromatic nitrogens is 2. The van der Waals surface area contributed by atoms with Gasteiger partial charge in [0.25, 0.3) is 5.56 Å². The lowest BCUT2D eigenvalue weighted by Crippen LogP contribution is -2.31. The lowest BCUT2D eigenvalue weighted by Gasteiger charge is -2.17. The van der Waals surface area contributed by atoms with Gasteiger partial charge < -0.3 is 0 Å². The fourth-order valence-corrected chi connectivity index (χ4v) is 1.84. The maximum atomic E-state index is 11.8. The lowest BCUT2D eigenvalue weighted by atomic mass is 10.1. The van der Waals surface area contributed by atoms with Gasteiger partial charge in [-0.1, -0.05) is 0 Å². The van der Waals surface area contributed by atoms with Crippen molar-refractivity contribution in [3.8, 4) is 0 Å². The van der Waals surface area contributed by atoms with E-state index in [0.717, 1.165) is 25.1 Å². The van der Waals surface area contributed by atoms with Crippen molar-refractivity contribution in [3.05, 3.63) is 27.4 Å². The molecule has 4 nitrogen and oxygen atoms in total. The molecule has 0 atom stereocenters. The number of aldehydes is 1. The summed E-state index contributed by atoms with van der Waals surface area (Å²) < 4.78 is 1.63. The van der Waals surface area contributed by atoms with E-state index < -0.39 is 0 Å². The van der Waals surface area contributed by atoms with Crippen LogP contribution in [0.25, 0.3) is 0 Å². The van der Waals surface area contributed by atoms with Crippen molar-refractivity contribution in [3.63, 3.8) is 0 Å². The molecule has 1 aliphatic heterocycles. The zero-order valence-corrected chi connectivity index (χ0v) is 8.12. The minimum atomic E-state index is -0.179. The molecule has 74 valence electrons. The third-order valence-electron chi connectivity index (χ3n) is 2.62. The second kappa shape index (κ2) is 3.36. The third kappa shape index (κ3) is 1.27. The Labute approximate surface area is 81.6 Å². The first kappa shape index (κ1) is 9.12. The Morgan fingerprint density at radius 2 is 2.21 bits per heavy atom. The van der Waals surface area contributed by atoms with Crippen LogP contribution in [-0.4, -0.2) is 15.8 Å². The van der Waals surface area contributed by atoms with Gasteiger partial charge in [0.2, 0.25) is 0 Å². The van der Waals surface area contributed by atoms with E-state index in [1.165, 1.54) is 0 Å². The second-order valence-corrected chi connectivity index (χ2v) is 3.56. The fourth-order valence-electron chi connectivity index (χ4n) is 1.84. The number of hydrogen-bond donors (Lipinski definition) is 0. The quantitative estimate of drug-likeness (QED) is 0.615. The zero-order valence-electron chi connectivity index (χ0n) is 8.12. The van der Waals surface area contributed by atoms with E-state index in [2.05, 4.69) is 4.98 Å². The highest BCUT2D eigenvalue weighted by Gasteiger charge is 2.15. The van der Waals surface area contributed by atoms with Crippen molar-refractivity contribution in [2.75, 3.05) is 0 Å². The summed E-state index contributed by atoms with van der Waals surface area (Å²) in [5, 5.41) is 0. The summed E-state index contributed by atoms with van der Waals surface area (Å²) in [6.07, 6.45) is 3.52. The first-order valence-corrected chi connectivity index (χ1v) is 4.79. The largest absolute Gasteiger partial charge is 0.298 e. The van der Waals surface area contributed by atoms with Gasteiger partial charge in [-0.3, -0.25) is 14.2 Å². The summed E-state index contributed by atoms with van der Waals surface area (Å²) in [4.78, 5) is 26.7. The molecule has 0 fully saturated rings. The topological polar surface area (TPSA) is 52.0 Å². The minimum absolute atomic E-state index is 0.179. The predicted molar refractivity (Wildman–Crippen MR) is 51.6 cm³/mol. The van der Waals surface area contributed by atoms with Gasteiger partial charge in [0.15, 0.2) is 6.29 Å². The summed E-state index contributed by atoms with van der Waals surface area (Å²) in [5.74, 6) is 0.823. The molecule has 0 saturated heterocycles. The molecule has 0 radical (unpaired) electrons. The van der Waals surface area contributed by atoms with Gasteiger partial charge in [-0.25, -0.2) is 4.98 Å². The van der Waals surface area contributed by atoms with Gasteiger partial charge in [-0.15, -0.1) is 0 Å². The number of aryl methyl sites for hydroxylation is 2. The van der Waals surface area contributed by atoms with Crippen LogP contribution in [0.1, 0.15) is 34.7 Å². The lowest BCUT2D eigenvalue weighted by molar-refractivity contribution is 0.112. The highest BCUT2D eigenvalue weighted by molar-refractivity contribution is 5.75. The van der Waals surface area contributed by atoms with Crippen LogP contribution >= 0.6 is 0 Å². The summed E-state index contributed by atoms with van der Waals surface area (Å²) in [7, 11) is 0. The Bertz CT molecular complexity index is 434. The minimum Gasteiger partial charge on any atom is -0.298 e. The number of nitrogens with zero attached hydrogens (tertiary/aromatic N) is 2. The Kier molecular flexibility index (Phi) is 2.19. The van der Waals surface area contributed by atoms with E-state index in [-0.39, 0.29) is 11.1 Å². The molecule has 1 aromatic rings. The Morgan fingerprint density at radius 1 is 1.43 bits per heavy atom. The van der Waals surface area contributed by atoms with Crippen LogP contribution in [0.3, 0.4) is 0 Å². The van der Waals surface area contributed by atoms with E-state index in [0.29, 0.717) is 18.5 Å². The van der Waals surface area contributed by atoms with E-state index >= 15 is 0 Å². The molecule has 1 aliphatic rings. The van der Waals surface area contributed by atoms with Gasteiger partial charge in [0, 0.05) is 13.0 Å².